The van der Waals surface area contributed by atoms with E-state index in [1.807, 2.05) is 0 Å². The number of halogens is 1. The second-order valence-electron chi connectivity index (χ2n) is 3.07. The second-order valence-corrected chi connectivity index (χ2v) is 5.14. The van der Waals surface area contributed by atoms with Gasteiger partial charge in [-0.15, -0.1) is 0 Å². The van der Waals surface area contributed by atoms with Crippen LogP contribution in [0.25, 0.3) is 0 Å². The minimum absolute atomic E-state index is 0.0437. The molecule has 9 heteroatoms. The van der Waals surface area contributed by atoms with Crippen LogP contribution in [0.4, 0.5) is 6.01 Å². The largest absolute Gasteiger partial charge is 0.335 e. The number of aromatic nitrogens is 3. The third-order valence-electron chi connectivity index (χ3n) is 1.76. The maximum absolute atomic E-state index is 11.8. The van der Waals surface area contributed by atoms with Gasteiger partial charge in [-0.2, -0.15) is 4.98 Å². The predicted molar refractivity (Wildman–Crippen MR) is 59.1 cm³/mol. The van der Waals surface area contributed by atoms with Gasteiger partial charge in [0.2, 0.25) is 0 Å². The topological polar surface area (TPSA) is 98.0 Å². The lowest BCUT2D eigenvalue weighted by molar-refractivity contribution is 0.429. The molecule has 2 rings (SSSR count). The Morgan fingerprint density at radius 1 is 1.41 bits per heavy atom. The number of hydrogen-bond acceptors (Lipinski definition) is 6. The van der Waals surface area contributed by atoms with Gasteiger partial charge in [-0.25, -0.2) is 18.1 Å². The highest BCUT2D eigenvalue weighted by Crippen LogP contribution is 2.14. The lowest BCUT2D eigenvalue weighted by atomic mass is 10.5. The monoisotopic (exact) mass is 274 g/mol. The van der Waals surface area contributed by atoms with Gasteiger partial charge in [0.25, 0.3) is 10.0 Å². The lowest BCUT2D eigenvalue weighted by Gasteiger charge is -2.02. The Morgan fingerprint density at radius 2 is 2.18 bits per heavy atom. The molecule has 7 nitrogen and oxygen atoms in total. The summed E-state index contributed by atoms with van der Waals surface area (Å²) < 4.78 is 30.4. The summed E-state index contributed by atoms with van der Waals surface area (Å²) >= 11 is 5.56. The van der Waals surface area contributed by atoms with Gasteiger partial charge in [0.1, 0.15) is 10.0 Å². The standard InChI is InChI=1S/C8H7ClN4O3S/c1-5-11-8(16-12-5)13-17(14,15)6-2-3-7(9)10-4-6/h2-4H,1H3,(H,11,12,13). The molecule has 0 bridgehead atoms. The van der Waals surface area contributed by atoms with Crippen LogP contribution in [-0.2, 0) is 10.0 Å². The first-order chi connectivity index (χ1) is 7.97. The van der Waals surface area contributed by atoms with Crippen molar-refractivity contribution in [2.45, 2.75) is 11.8 Å². The Labute approximate surface area is 102 Å². The van der Waals surface area contributed by atoms with E-state index in [4.69, 9.17) is 11.6 Å². The summed E-state index contributed by atoms with van der Waals surface area (Å²) in [5.74, 6) is 0.330. The van der Waals surface area contributed by atoms with Crippen LogP contribution in [0.3, 0.4) is 0 Å². The average molecular weight is 275 g/mol. The van der Waals surface area contributed by atoms with Crippen LogP contribution in [0.15, 0.2) is 27.7 Å². The van der Waals surface area contributed by atoms with E-state index < -0.39 is 10.0 Å². The number of hydrogen-bond donors (Lipinski definition) is 1. The van der Waals surface area contributed by atoms with Gasteiger partial charge in [-0.05, 0) is 19.1 Å². The van der Waals surface area contributed by atoms with Crippen LogP contribution in [0.5, 0.6) is 0 Å². The molecule has 1 N–H and O–H groups in total. The Kier molecular flexibility index (Phi) is 2.99. The molecule has 0 unspecified atom stereocenters. The summed E-state index contributed by atoms with van der Waals surface area (Å²) in [6.07, 6.45) is 1.13. The van der Waals surface area contributed by atoms with E-state index in [9.17, 15) is 8.42 Å². The number of anilines is 1. The van der Waals surface area contributed by atoms with Crippen molar-refractivity contribution in [1.29, 1.82) is 0 Å². The maximum Gasteiger partial charge on any atom is 0.335 e. The van der Waals surface area contributed by atoms with Crippen LogP contribution < -0.4 is 4.72 Å². The first-order valence-electron chi connectivity index (χ1n) is 4.42. The molecule has 0 saturated heterocycles. The fraction of sp³-hybridized carbons (Fsp3) is 0.125. The first kappa shape index (κ1) is 11.8. The molecule has 0 aromatic carbocycles. The number of sulfonamides is 1. The SMILES string of the molecule is Cc1noc(NS(=O)(=O)c2ccc(Cl)nc2)n1. The molecule has 0 aliphatic rings. The fourth-order valence-electron chi connectivity index (χ4n) is 1.03. The minimum Gasteiger partial charge on any atom is -0.314 e. The summed E-state index contributed by atoms with van der Waals surface area (Å²) in [6, 6.07) is 2.49. The third-order valence-corrected chi connectivity index (χ3v) is 3.29. The van der Waals surface area contributed by atoms with Crippen LogP contribution in [0.1, 0.15) is 5.82 Å². The normalized spacial score (nSPS) is 11.4. The molecule has 0 saturated carbocycles. The van der Waals surface area contributed by atoms with Gasteiger partial charge in [0, 0.05) is 6.20 Å². The van der Waals surface area contributed by atoms with E-state index in [1.165, 1.54) is 12.1 Å². The van der Waals surface area contributed by atoms with E-state index in [2.05, 4.69) is 24.4 Å². The molecular weight excluding hydrogens is 268 g/mol. The van der Waals surface area contributed by atoms with Crippen molar-refractivity contribution in [3.63, 3.8) is 0 Å². The molecule has 0 atom stereocenters. The molecule has 2 aromatic rings. The van der Waals surface area contributed by atoms with E-state index in [0.717, 1.165) is 6.20 Å². The third kappa shape index (κ3) is 2.71. The fourth-order valence-corrected chi connectivity index (χ4v) is 2.01. The summed E-state index contributed by atoms with van der Waals surface area (Å²) in [5.41, 5.74) is 0. The van der Waals surface area contributed by atoms with Crippen molar-refractivity contribution in [2.75, 3.05) is 4.72 Å². The highest BCUT2D eigenvalue weighted by Gasteiger charge is 2.17. The van der Waals surface area contributed by atoms with E-state index in [-0.39, 0.29) is 16.1 Å². The lowest BCUT2D eigenvalue weighted by Crippen LogP contribution is -2.13. The quantitative estimate of drug-likeness (QED) is 0.845. The summed E-state index contributed by atoms with van der Waals surface area (Å²) in [6.45, 7) is 1.57. The molecular formula is C8H7ClN4O3S. The van der Waals surface area contributed by atoms with Gasteiger partial charge in [0.15, 0.2) is 5.82 Å². The molecule has 0 aliphatic heterocycles. The van der Waals surface area contributed by atoms with Crippen molar-refractivity contribution < 1.29 is 12.9 Å². The van der Waals surface area contributed by atoms with Crippen molar-refractivity contribution in [1.82, 2.24) is 15.1 Å². The summed E-state index contributed by atoms with van der Waals surface area (Å²) in [7, 11) is -3.78. The van der Waals surface area contributed by atoms with E-state index in [1.54, 1.807) is 6.92 Å². The Bertz CT molecular complexity index is 622. The van der Waals surface area contributed by atoms with Gasteiger partial charge in [-0.1, -0.05) is 16.8 Å². The molecule has 0 spiro atoms. The van der Waals surface area contributed by atoms with Gasteiger partial charge < -0.3 is 4.52 Å². The Morgan fingerprint density at radius 3 is 2.71 bits per heavy atom. The smallest absolute Gasteiger partial charge is 0.314 e. The van der Waals surface area contributed by atoms with Crippen molar-refractivity contribution in [2.24, 2.45) is 0 Å². The number of nitrogens with one attached hydrogen (secondary N) is 1. The zero-order valence-electron chi connectivity index (χ0n) is 8.58. The second kappa shape index (κ2) is 4.30. The van der Waals surface area contributed by atoms with E-state index in [0.29, 0.717) is 5.82 Å². The first-order valence-corrected chi connectivity index (χ1v) is 6.28. The van der Waals surface area contributed by atoms with Gasteiger partial charge in [-0.3, -0.25) is 0 Å². The Hall–Kier alpha value is -1.67. The number of aryl methyl sites for hydroxylation is 1. The highest BCUT2D eigenvalue weighted by molar-refractivity contribution is 7.92. The van der Waals surface area contributed by atoms with Gasteiger partial charge in [0.05, 0.1) is 0 Å². The van der Waals surface area contributed by atoms with Gasteiger partial charge >= 0.3 is 6.01 Å². The average Bonchev–Trinajstić information content (AvgIpc) is 2.63. The molecule has 2 aromatic heterocycles. The molecule has 90 valence electrons. The molecule has 2 heterocycles. The molecule has 0 aliphatic carbocycles. The zero-order valence-corrected chi connectivity index (χ0v) is 10.2. The van der Waals surface area contributed by atoms with Crippen molar-refractivity contribution in [3.05, 3.63) is 29.3 Å². The summed E-state index contributed by atoms with van der Waals surface area (Å²) in [4.78, 5) is 7.35. The van der Waals surface area contributed by atoms with Crippen LogP contribution in [0.2, 0.25) is 5.15 Å². The zero-order chi connectivity index (χ0) is 12.5. The number of pyridine rings is 1. The molecule has 0 amide bonds. The maximum atomic E-state index is 11.8. The predicted octanol–water partition coefficient (Wildman–Crippen LogP) is 1.23. The van der Waals surface area contributed by atoms with Crippen LogP contribution in [0, 0.1) is 6.92 Å². The number of rotatable bonds is 3. The van der Waals surface area contributed by atoms with Crippen molar-refractivity contribution >= 4 is 27.6 Å². The van der Waals surface area contributed by atoms with E-state index >= 15 is 0 Å². The highest BCUT2D eigenvalue weighted by atomic mass is 35.5. The number of nitrogens with zero attached hydrogens (tertiary/aromatic N) is 3. The van der Waals surface area contributed by atoms with Crippen LogP contribution >= 0.6 is 11.6 Å². The van der Waals surface area contributed by atoms with Crippen LogP contribution in [-0.4, -0.2) is 23.5 Å². The molecule has 0 fully saturated rings. The Balaban J connectivity index is 2.28. The molecule has 0 radical (unpaired) electrons. The van der Waals surface area contributed by atoms with Crippen molar-refractivity contribution in [3.8, 4) is 0 Å². The minimum atomic E-state index is -3.78. The molecule has 17 heavy (non-hydrogen) atoms. The summed E-state index contributed by atoms with van der Waals surface area (Å²) in [5, 5.41) is 3.66.